The van der Waals surface area contributed by atoms with Gasteiger partial charge in [-0.15, -0.1) is 6.42 Å². The number of terminal acetylenes is 1. The van der Waals surface area contributed by atoms with Gasteiger partial charge in [0.2, 0.25) is 0 Å². The molecule has 0 unspecified atom stereocenters. The Labute approximate surface area is 219 Å². The highest BCUT2D eigenvalue weighted by Gasteiger charge is 2.16. The largest absolute Gasteiger partial charge is 0.493 e. The van der Waals surface area contributed by atoms with Crippen molar-refractivity contribution < 1.29 is 14.2 Å². The number of fused-ring (bicyclic) bond motifs is 1. The second kappa shape index (κ2) is 10.9. The van der Waals surface area contributed by atoms with Gasteiger partial charge < -0.3 is 14.2 Å². The zero-order chi connectivity index (χ0) is 25.8. The van der Waals surface area contributed by atoms with Gasteiger partial charge in [0.25, 0.3) is 0 Å². The summed E-state index contributed by atoms with van der Waals surface area (Å²) in [5.41, 5.74) is 3.91. The van der Waals surface area contributed by atoms with Crippen molar-refractivity contribution in [2.45, 2.75) is 26.3 Å². The molecule has 0 aliphatic rings. The van der Waals surface area contributed by atoms with Gasteiger partial charge in [-0.3, -0.25) is 4.57 Å². The first-order chi connectivity index (χ1) is 17.4. The van der Waals surface area contributed by atoms with Crippen LogP contribution in [0.15, 0.2) is 63.9 Å². The molecule has 0 saturated carbocycles. The van der Waals surface area contributed by atoms with Gasteiger partial charge in [-0.05, 0) is 63.3 Å². The van der Waals surface area contributed by atoms with Crippen molar-refractivity contribution in [2.24, 2.45) is 0 Å². The fourth-order valence-corrected chi connectivity index (χ4v) is 4.77. The number of nitrogens with zero attached hydrogens (tertiary/aromatic N) is 2. The van der Waals surface area contributed by atoms with E-state index in [-0.39, 0.29) is 12.3 Å². The molecule has 4 aromatic rings. The first-order valence-corrected chi connectivity index (χ1v) is 12.3. The van der Waals surface area contributed by atoms with Crippen LogP contribution in [-0.4, -0.2) is 30.4 Å². The summed E-state index contributed by atoms with van der Waals surface area (Å²) < 4.78 is 18.9. The monoisotopic (exact) mass is 546 g/mol. The van der Waals surface area contributed by atoms with Crippen LogP contribution < -0.4 is 19.9 Å². The van der Waals surface area contributed by atoms with E-state index in [0.717, 1.165) is 26.5 Å². The predicted molar refractivity (Wildman–Crippen MR) is 146 cm³/mol. The maximum atomic E-state index is 13.4. The first kappa shape index (κ1) is 25.3. The summed E-state index contributed by atoms with van der Waals surface area (Å²) in [7, 11) is 3.16. The fourth-order valence-electron chi connectivity index (χ4n) is 4.12. The maximum absolute atomic E-state index is 13.4. The molecule has 0 aliphatic heterocycles. The minimum atomic E-state index is -0.353. The molecule has 36 heavy (non-hydrogen) atoms. The Balaban J connectivity index is 1.88. The van der Waals surface area contributed by atoms with Crippen LogP contribution in [-0.2, 0) is 6.54 Å². The summed E-state index contributed by atoms with van der Waals surface area (Å²) in [6.07, 6.45) is 5.38. The number of ether oxygens (including phenoxy) is 3. The van der Waals surface area contributed by atoms with E-state index in [1.165, 1.54) is 5.56 Å². The Bertz CT molecular complexity index is 1500. The Morgan fingerprint density at radius 2 is 1.81 bits per heavy atom. The zero-order valence-electron chi connectivity index (χ0n) is 20.7. The molecule has 1 aromatic heterocycles. The lowest BCUT2D eigenvalue weighted by molar-refractivity contribution is 0.352. The van der Waals surface area contributed by atoms with Crippen LogP contribution in [0.2, 0.25) is 0 Å². The van der Waals surface area contributed by atoms with Crippen LogP contribution in [0.1, 0.15) is 30.9 Å². The molecule has 0 bridgehead atoms. The molecule has 0 radical (unpaired) electrons. The van der Waals surface area contributed by atoms with Gasteiger partial charge in [-0.1, -0.05) is 44.0 Å². The molecule has 7 heteroatoms. The van der Waals surface area contributed by atoms with Crippen molar-refractivity contribution in [3.05, 3.63) is 80.7 Å². The molecule has 1 heterocycles. The predicted octanol–water partition coefficient (Wildman–Crippen LogP) is 6.03. The third kappa shape index (κ3) is 5.09. The highest BCUT2D eigenvalue weighted by molar-refractivity contribution is 9.10. The number of aromatic nitrogens is 2. The normalized spacial score (nSPS) is 10.9. The standard InChI is InChI=1S/C29H27BrN2O4/c1-6-13-36-22-11-12-25-23(16-22)27(21-9-7-20(8-10-21)18(2)3)31-29(33)32(25)17-19-14-24(30)28(35-5)26(15-19)34-4/h1,7-12,14-16,18H,13,17H2,2-5H3. The third-order valence-corrected chi connectivity index (χ3v) is 6.55. The highest BCUT2D eigenvalue weighted by atomic mass is 79.9. The average molecular weight is 547 g/mol. The Hall–Kier alpha value is -3.76. The summed E-state index contributed by atoms with van der Waals surface area (Å²) in [5.74, 6) is 4.66. The lowest BCUT2D eigenvalue weighted by Gasteiger charge is -2.16. The lowest BCUT2D eigenvalue weighted by Crippen LogP contribution is -2.24. The summed E-state index contributed by atoms with van der Waals surface area (Å²) in [6.45, 7) is 4.73. The number of halogens is 1. The Morgan fingerprint density at radius 3 is 2.44 bits per heavy atom. The quantitative estimate of drug-likeness (QED) is 0.252. The molecule has 0 spiro atoms. The fraction of sp³-hybridized carbons (Fsp3) is 0.241. The van der Waals surface area contributed by atoms with Gasteiger partial charge in [-0.25, -0.2) is 4.79 Å². The van der Waals surface area contributed by atoms with Crippen LogP contribution in [0.5, 0.6) is 17.2 Å². The van der Waals surface area contributed by atoms with E-state index in [4.69, 9.17) is 20.6 Å². The summed E-state index contributed by atoms with van der Waals surface area (Å²) in [6, 6.07) is 17.5. The molecule has 0 N–H and O–H groups in total. The van der Waals surface area contributed by atoms with Gasteiger partial charge in [0.1, 0.15) is 12.4 Å². The van der Waals surface area contributed by atoms with E-state index < -0.39 is 0 Å². The number of rotatable bonds is 8. The molecule has 4 rings (SSSR count). The molecule has 0 atom stereocenters. The zero-order valence-corrected chi connectivity index (χ0v) is 22.3. The van der Waals surface area contributed by atoms with Crippen molar-refractivity contribution in [3.8, 4) is 40.8 Å². The molecule has 0 aliphatic carbocycles. The second-order valence-electron chi connectivity index (χ2n) is 8.59. The van der Waals surface area contributed by atoms with E-state index in [0.29, 0.717) is 35.4 Å². The van der Waals surface area contributed by atoms with Gasteiger partial charge in [0.15, 0.2) is 11.5 Å². The molecular formula is C29H27BrN2O4. The maximum Gasteiger partial charge on any atom is 0.348 e. The first-order valence-electron chi connectivity index (χ1n) is 11.5. The van der Waals surface area contributed by atoms with Crippen LogP contribution in [0.4, 0.5) is 0 Å². The van der Waals surface area contributed by atoms with Crippen molar-refractivity contribution in [1.29, 1.82) is 0 Å². The minimum Gasteiger partial charge on any atom is -0.493 e. The molecule has 0 fully saturated rings. The van der Waals surface area contributed by atoms with Gasteiger partial charge in [0, 0.05) is 10.9 Å². The van der Waals surface area contributed by atoms with Crippen LogP contribution in [0.25, 0.3) is 22.2 Å². The van der Waals surface area contributed by atoms with Gasteiger partial charge in [-0.2, -0.15) is 4.98 Å². The van der Waals surface area contributed by atoms with E-state index in [9.17, 15) is 4.79 Å². The SMILES string of the molecule is C#CCOc1ccc2c(c1)c(-c1ccc(C(C)C)cc1)nc(=O)n2Cc1cc(Br)c(OC)c(OC)c1. The molecule has 3 aromatic carbocycles. The summed E-state index contributed by atoms with van der Waals surface area (Å²) >= 11 is 3.53. The minimum absolute atomic E-state index is 0.149. The smallest absolute Gasteiger partial charge is 0.348 e. The van der Waals surface area contributed by atoms with Crippen molar-refractivity contribution >= 4 is 26.8 Å². The highest BCUT2D eigenvalue weighted by Crippen LogP contribution is 2.37. The molecular weight excluding hydrogens is 520 g/mol. The number of methoxy groups -OCH3 is 2. The molecule has 184 valence electrons. The van der Waals surface area contributed by atoms with Crippen molar-refractivity contribution in [1.82, 2.24) is 9.55 Å². The van der Waals surface area contributed by atoms with Crippen molar-refractivity contribution in [2.75, 3.05) is 20.8 Å². The van der Waals surface area contributed by atoms with E-state index in [1.807, 2.05) is 42.5 Å². The number of benzene rings is 3. The van der Waals surface area contributed by atoms with E-state index in [1.54, 1.807) is 18.8 Å². The van der Waals surface area contributed by atoms with Crippen molar-refractivity contribution in [3.63, 3.8) is 0 Å². The number of hydrogen-bond acceptors (Lipinski definition) is 5. The van der Waals surface area contributed by atoms with Crippen LogP contribution in [0, 0.1) is 12.3 Å². The average Bonchev–Trinajstić information content (AvgIpc) is 2.88. The van der Waals surface area contributed by atoms with Crippen LogP contribution >= 0.6 is 15.9 Å². The summed E-state index contributed by atoms with van der Waals surface area (Å²) in [4.78, 5) is 17.9. The van der Waals surface area contributed by atoms with Gasteiger partial charge in [0.05, 0.1) is 36.4 Å². The van der Waals surface area contributed by atoms with Crippen LogP contribution in [0.3, 0.4) is 0 Å². The van der Waals surface area contributed by atoms with E-state index >= 15 is 0 Å². The third-order valence-electron chi connectivity index (χ3n) is 5.96. The molecule has 0 amide bonds. The van der Waals surface area contributed by atoms with Gasteiger partial charge >= 0.3 is 5.69 Å². The Kier molecular flexibility index (Phi) is 7.66. The molecule has 6 nitrogen and oxygen atoms in total. The summed E-state index contributed by atoms with van der Waals surface area (Å²) in [5, 5.41) is 0.793. The topological polar surface area (TPSA) is 62.6 Å². The molecule has 0 saturated heterocycles. The second-order valence-corrected chi connectivity index (χ2v) is 9.45. The number of hydrogen-bond donors (Lipinski definition) is 0. The van der Waals surface area contributed by atoms with E-state index in [2.05, 4.69) is 52.8 Å². The Morgan fingerprint density at radius 1 is 1.06 bits per heavy atom. The lowest BCUT2D eigenvalue weighted by atomic mass is 9.99.